The average molecular weight is 695 g/mol. The molecule has 3 aromatic carbocycles. The minimum atomic E-state index is -4.33. The van der Waals surface area contributed by atoms with Crippen molar-refractivity contribution >= 4 is 64.7 Å². The second kappa shape index (κ2) is 16.6. The third-order valence-electron chi connectivity index (χ3n) is 6.20. The fourth-order valence-corrected chi connectivity index (χ4v) is 6.64. The second-order valence-electron chi connectivity index (χ2n) is 9.50. The summed E-state index contributed by atoms with van der Waals surface area (Å²) in [5.41, 5.74) is 3.17. The SMILES string of the molecule is CCCCCCS(=O)(=O)Nc1cccc(N(C=C[n+]2coc3ccccc32)CCOC)c1.O=S(=O)([O-])c1ccccc1Br. The monoisotopic (exact) mass is 693 g/mol. The number of aromatic nitrogens is 1. The Morgan fingerprint density at radius 2 is 1.74 bits per heavy atom. The number of anilines is 2. The number of benzene rings is 3. The van der Waals surface area contributed by atoms with Crippen molar-refractivity contribution in [3.8, 4) is 0 Å². The molecule has 43 heavy (non-hydrogen) atoms. The summed E-state index contributed by atoms with van der Waals surface area (Å²) in [4.78, 5) is 1.79. The van der Waals surface area contributed by atoms with Gasteiger partial charge < -0.3 is 18.6 Å². The highest BCUT2D eigenvalue weighted by atomic mass is 79.9. The standard InChI is InChI=1S/C24H32N3O4S.C6H5BrO3S/c1-3-4-5-8-18-32(28,29)25-21-10-9-11-22(19-21)26(16-17-30-2)14-15-27-20-31-24-13-7-6-12-23(24)27;7-5-3-1-2-4-6(5)11(8,9)10/h6-7,9-15,19-20,25H,3-5,8,16-18H2,1-2H3;1-4H,(H,8,9,10)/q+1;/p-1. The van der Waals surface area contributed by atoms with E-state index >= 15 is 0 Å². The van der Waals surface area contributed by atoms with Gasteiger partial charge >= 0.3 is 6.39 Å². The predicted molar refractivity (Wildman–Crippen MR) is 171 cm³/mol. The van der Waals surface area contributed by atoms with E-state index in [1.165, 1.54) is 18.2 Å². The van der Waals surface area contributed by atoms with Gasteiger partial charge in [0, 0.05) is 29.9 Å². The van der Waals surface area contributed by atoms with E-state index in [-0.39, 0.29) is 10.6 Å². The summed E-state index contributed by atoms with van der Waals surface area (Å²) >= 11 is 2.95. The molecule has 0 aliphatic carbocycles. The fraction of sp³-hybridized carbons (Fsp3) is 0.300. The lowest BCUT2D eigenvalue weighted by atomic mass is 10.2. The predicted octanol–water partition coefficient (Wildman–Crippen LogP) is 5.98. The molecule has 0 unspecified atom stereocenters. The lowest BCUT2D eigenvalue weighted by Crippen LogP contribution is -2.27. The Labute approximate surface area is 261 Å². The van der Waals surface area contributed by atoms with Crippen LogP contribution in [-0.2, 0) is 24.9 Å². The van der Waals surface area contributed by atoms with E-state index in [2.05, 4.69) is 27.6 Å². The zero-order chi connectivity index (χ0) is 31.3. The topological polar surface area (TPSA) is 133 Å². The van der Waals surface area contributed by atoms with Gasteiger partial charge in [-0.3, -0.25) is 4.72 Å². The molecule has 0 atom stereocenters. The summed E-state index contributed by atoms with van der Waals surface area (Å²) in [6.45, 7) is 3.24. The number of methoxy groups -OCH3 is 1. The molecule has 0 saturated carbocycles. The number of fused-ring (bicyclic) bond motifs is 1. The molecular formula is C30H36BrN3O7S2. The number of ether oxygens (including phenoxy) is 1. The molecule has 0 aliphatic rings. The molecule has 0 fully saturated rings. The van der Waals surface area contributed by atoms with Crippen molar-refractivity contribution in [1.29, 1.82) is 0 Å². The first-order valence-corrected chi connectivity index (χ1v) is 17.5. The van der Waals surface area contributed by atoms with Gasteiger partial charge in [-0.2, -0.15) is 0 Å². The molecule has 4 aromatic rings. The van der Waals surface area contributed by atoms with Crippen molar-refractivity contribution in [1.82, 2.24) is 0 Å². The normalized spacial score (nSPS) is 11.8. The van der Waals surface area contributed by atoms with Gasteiger partial charge in [-0.1, -0.05) is 56.5 Å². The van der Waals surface area contributed by atoms with Gasteiger partial charge in [0.25, 0.3) is 5.52 Å². The minimum absolute atomic E-state index is 0.134. The van der Waals surface area contributed by atoms with Crippen LogP contribution in [-0.4, -0.2) is 47.4 Å². The quantitative estimate of drug-likeness (QED) is 0.0970. The van der Waals surface area contributed by atoms with Gasteiger partial charge in [-0.05, 0) is 58.7 Å². The van der Waals surface area contributed by atoms with Crippen molar-refractivity contribution in [3.63, 3.8) is 0 Å². The van der Waals surface area contributed by atoms with Crippen LogP contribution in [0.15, 0.2) is 99.2 Å². The zero-order valence-corrected chi connectivity index (χ0v) is 27.3. The molecule has 10 nitrogen and oxygen atoms in total. The number of nitrogens with zero attached hydrogens (tertiary/aromatic N) is 2. The maximum absolute atomic E-state index is 12.4. The summed E-state index contributed by atoms with van der Waals surface area (Å²) in [5, 5.41) is 0. The van der Waals surface area contributed by atoms with Crippen molar-refractivity contribution in [2.24, 2.45) is 0 Å². The summed E-state index contributed by atoms with van der Waals surface area (Å²) in [6, 6.07) is 21.1. The number of para-hydroxylation sites is 2. The van der Waals surface area contributed by atoms with Gasteiger partial charge in [-0.25, -0.2) is 16.8 Å². The summed E-state index contributed by atoms with van der Waals surface area (Å²) < 4.78 is 72.1. The highest BCUT2D eigenvalue weighted by Gasteiger charge is 2.13. The van der Waals surface area contributed by atoms with Gasteiger partial charge in [-0.15, -0.1) is 4.57 Å². The molecule has 13 heteroatoms. The number of hydrogen-bond acceptors (Lipinski definition) is 8. The van der Waals surface area contributed by atoms with Gasteiger partial charge in [0.1, 0.15) is 10.1 Å². The molecule has 0 aliphatic heterocycles. The molecule has 4 rings (SSSR count). The Hall–Kier alpha value is -3.23. The second-order valence-corrected chi connectivity index (χ2v) is 13.5. The number of hydrogen-bond donors (Lipinski definition) is 1. The van der Waals surface area contributed by atoms with Crippen LogP contribution in [0.1, 0.15) is 32.6 Å². The van der Waals surface area contributed by atoms with Crippen LogP contribution in [0.2, 0.25) is 0 Å². The molecule has 1 heterocycles. The van der Waals surface area contributed by atoms with Gasteiger partial charge in [0.05, 0.1) is 29.1 Å². The first kappa shape index (κ1) is 34.3. The van der Waals surface area contributed by atoms with Crippen LogP contribution in [0.4, 0.5) is 11.4 Å². The average Bonchev–Trinajstić information content (AvgIpc) is 3.38. The third kappa shape index (κ3) is 11.1. The van der Waals surface area contributed by atoms with Gasteiger partial charge in [0.2, 0.25) is 15.6 Å². The number of rotatable bonds is 14. The number of oxazole rings is 1. The molecule has 0 radical (unpaired) electrons. The number of halogens is 1. The maximum atomic E-state index is 12.4. The number of unbranched alkanes of at least 4 members (excludes halogenated alkanes) is 3. The lowest BCUT2D eigenvalue weighted by Gasteiger charge is -2.20. The highest BCUT2D eigenvalue weighted by molar-refractivity contribution is 9.10. The number of sulfonamides is 1. The number of nitrogens with one attached hydrogen (secondary N) is 1. The summed E-state index contributed by atoms with van der Waals surface area (Å²) in [5.74, 6) is 0.134. The summed E-state index contributed by atoms with van der Waals surface area (Å²) in [7, 11) is -6.05. The molecular weight excluding hydrogens is 658 g/mol. The van der Waals surface area contributed by atoms with Crippen LogP contribution >= 0.6 is 15.9 Å². The highest BCUT2D eigenvalue weighted by Crippen LogP contribution is 2.22. The van der Waals surface area contributed by atoms with E-state index in [4.69, 9.17) is 9.15 Å². The lowest BCUT2D eigenvalue weighted by molar-refractivity contribution is -0.545. The van der Waals surface area contributed by atoms with E-state index in [0.29, 0.717) is 29.7 Å². The van der Waals surface area contributed by atoms with Crippen molar-refractivity contribution in [2.75, 3.05) is 35.6 Å². The third-order valence-corrected chi connectivity index (χ3v) is 9.43. The Morgan fingerprint density at radius 3 is 2.44 bits per heavy atom. The summed E-state index contributed by atoms with van der Waals surface area (Å²) in [6.07, 6.45) is 9.21. The van der Waals surface area contributed by atoms with E-state index < -0.39 is 20.1 Å². The van der Waals surface area contributed by atoms with E-state index in [1.807, 2.05) is 64.3 Å². The zero-order valence-electron chi connectivity index (χ0n) is 24.1. The molecule has 1 N–H and O–H groups in total. The van der Waals surface area contributed by atoms with Crippen molar-refractivity contribution in [3.05, 3.63) is 89.9 Å². The minimum Gasteiger partial charge on any atom is -0.744 e. The van der Waals surface area contributed by atoms with Crippen molar-refractivity contribution in [2.45, 2.75) is 37.5 Å². The largest absolute Gasteiger partial charge is 0.744 e. The van der Waals surface area contributed by atoms with Crippen LogP contribution < -0.4 is 14.2 Å². The molecule has 1 aromatic heterocycles. The molecule has 0 bridgehead atoms. The first-order chi connectivity index (χ1) is 20.5. The Balaban J connectivity index is 0.000000386. The van der Waals surface area contributed by atoms with Crippen LogP contribution in [0.25, 0.3) is 17.3 Å². The molecule has 232 valence electrons. The Morgan fingerprint density at radius 1 is 1.00 bits per heavy atom. The van der Waals surface area contributed by atoms with Crippen LogP contribution in [0.3, 0.4) is 0 Å². The molecule has 0 saturated heterocycles. The van der Waals surface area contributed by atoms with Crippen molar-refractivity contribution < 1.29 is 35.1 Å². The maximum Gasteiger partial charge on any atom is 0.341 e. The van der Waals surface area contributed by atoms with Gasteiger partial charge in [0.15, 0.2) is 6.20 Å². The fourth-order valence-electron chi connectivity index (χ4n) is 4.03. The molecule has 0 amide bonds. The van der Waals surface area contributed by atoms with E-state index in [9.17, 15) is 21.4 Å². The Bertz CT molecular complexity index is 1710. The van der Waals surface area contributed by atoms with E-state index in [0.717, 1.165) is 36.0 Å². The molecule has 0 spiro atoms. The smallest absolute Gasteiger partial charge is 0.341 e. The van der Waals surface area contributed by atoms with E-state index in [1.54, 1.807) is 25.6 Å². The van der Waals surface area contributed by atoms with Crippen LogP contribution in [0.5, 0.6) is 0 Å². The first-order valence-electron chi connectivity index (χ1n) is 13.7. The Kier molecular flexibility index (Phi) is 13.2. The van der Waals surface area contributed by atoms with Crippen LogP contribution in [0, 0.1) is 0 Å².